The summed E-state index contributed by atoms with van der Waals surface area (Å²) in [6, 6.07) is 13.2. The second-order valence-corrected chi connectivity index (χ2v) is 3.96. The molecule has 2 aromatic carbocycles. The number of hydrogen-bond donors (Lipinski definition) is 0. The molecule has 0 bridgehead atoms. The monoisotopic (exact) mass is 248 g/mol. The quantitative estimate of drug-likeness (QED) is 0.717. The Labute approximate surface area is 107 Å². The Morgan fingerprint density at radius 3 is 1.78 bits per heavy atom. The summed E-state index contributed by atoms with van der Waals surface area (Å²) < 4.78 is 24.6. The van der Waals surface area contributed by atoms with Crippen LogP contribution in [0.1, 0.15) is 25.0 Å². The highest BCUT2D eigenvalue weighted by Crippen LogP contribution is 2.03. The molecule has 0 saturated carbocycles. The summed E-state index contributed by atoms with van der Waals surface area (Å²) in [6.07, 6.45) is 1.87. The first kappa shape index (κ1) is 14.4. The molecule has 0 aliphatic heterocycles. The molecular formula is C16H18F2. The molecule has 0 unspecified atom stereocenters. The molecule has 0 heterocycles. The minimum Gasteiger partial charge on any atom is -0.207 e. The Kier molecular flexibility index (Phi) is 6.06. The third-order valence-electron chi connectivity index (χ3n) is 2.62. The third kappa shape index (κ3) is 5.09. The van der Waals surface area contributed by atoms with E-state index in [4.69, 9.17) is 0 Å². The minimum atomic E-state index is -0.160. The smallest absolute Gasteiger partial charge is 0.123 e. The lowest BCUT2D eigenvalue weighted by Gasteiger charge is -1.92. The SMILES string of the molecule is CCc1ccc(F)cc1.CCc1cccc(F)c1. The molecule has 0 saturated heterocycles. The van der Waals surface area contributed by atoms with Crippen LogP contribution in [0.5, 0.6) is 0 Å². The predicted octanol–water partition coefficient (Wildman–Crippen LogP) is 4.78. The Bertz CT molecular complexity index is 461. The van der Waals surface area contributed by atoms with Gasteiger partial charge in [-0.1, -0.05) is 38.1 Å². The Morgan fingerprint density at radius 2 is 1.33 bits per heavy atom. The zero-order valence-electron chi connectivity index (χ0n) is 10.8. The number of hydrogen-bond acceptors (Lipinski definition) is 0. The van der Waals surface area contributed by atoms with E-state index in [1.54, 1.807) is 24.3 Å². The number of halogens is 2. The highest BCUT2D eigenvalue weighted by molar-refractivity contribution is 5.16. The van der Waals surface area contributed by atoms with Gasteiger partial charge in [-0.3, -0.25) is 0 Å². The van der Waals surface area contributed by atoms with Crippen molar-refractivity contribution < 1.29 is 8.78 Å². The van der Waals surface area contributed by atoms with Crippen LogP contribution in [-0.4, -0.2) is 0 Å². The van der Waals surface area contributed by atoms with E-state index in [0.717, 1.165) is 18.4 Å². The fourth-order valence-electron chi connectivity index (χ4n) is 1.48. The van der Waals surface area contributed by atoms with Crippen molar-refractivity contribution in [3.05, 3.63) is 71.3 Å². The average Bonchev–Trinajstić information content (AvgIpc) is 2.40. The first-order valence-electron chi connectivity index (χ1n) is 6.14. The van der Waals surface area contributed by atoms with Crippen LogP contribution in [0.3, 0.4) is 0 Å². The van der Waals surface area contributed by atoms with Crippen LogP contribution in [0.4, 0.5) is 8.78 Å². The van der Waals surface area contributed by atoms with E-state index < -0.39 is 0 Å². The molecule has 2 rings (SSSR count). The number of benzene rings is 2. The molecule has 0 radical (unpaired) electrons. The van der Waals surface area contributed by atoms with E-state index in [1.807, 2.05) is 19.9 Å². The summed E-state index contributed by atoms with van der Waals surface area (Å²) >= 11 is 0. The van der Waals surface area contributed by atoms with E-state index in [-0.39, 0.29) is 11.6 Å². The van der Waals surface area contributed by atoms with Gasteiger partial charge in [0.15, 0.2) is 0 Å². The molecule has 2 heteroatoms. The lowest BCUT2D eigenvalue weighted by atomic mass is 10.2. The fraction of sp³-hybridized carbons (Fsp3) is 0.250. The Balaban J connectivity index is 0.000000180. The average molecular weight is 248 g/mol. The van der Waals surface area contributed by atoms with Gasteiger partial charge >= 0.3 is 0 Å². The van der Waals surface area contributed by atoms with Gasteiger partial charge < -0.3 is 0 Å². The highest BCUT2D eigenvalue weighted by atomic mass is 19.1. The fourth-order valence-corrected chi connectivity index (χ4v) is 1.48. The number of aryl methyl sites for hydroxylation is 2. The first-order valence-corrected chi connectivity index (χ1v) is 6.14. The van der Waals surface area contributed by atoms with Gasteiger partial charge in [-0.25, -0.2) is 8.78 Å². The van der Waals surface area contributed by atoms with Crippen LogP contribution in [0, 0.1) is 11.6 Å². The highest BCUT2D eigenvalue weighted by Gasteiger charge is 1.89. The Morgan fingerprint density at radius 1 is 0.722 bits per heavy atom. The zero-order chi connectivity index (χ0) is 13.4. The maximum absolute atomic E-state index is 12.4. The largest absolute Gasteiger partial charge is 0.207 e. The van der Waals surface area contributed by atoms with Crippen molar-refractivity contribution in [1.82, 2.24) is 0 Å². The van der Waals surface area contributed by atoms with Gasteiger partial charge in [0.1, 0.15) is 11.6 Å². The van der Waals surface area contributed by atoms with E-state index in [1.165, 1.54) is 23.8 Å². The molecule has 18 heavy (non-hydrogen) atoms. The maximum Gasteiger partial charge on any atom is 0.123 e. The summed E-state index contributed by atoms with van der Waals surface area (Å²) in [5, 5.41) is 0. The van der Waals surface area contributed by atoms with Gasteiger partial charge in [-0.2, -0.15) is 0 Å². The van der Waals surface area contributed by atoms with E-state index in [0.29, 0.717) is 0 Å². The predicted molar refractivity (Wildman–Crippen MR) is 71.6 cm³/mol. The van der Waals surface area contributed by atoms with Crippen LogP contribution < -0.4 is 0 Å². The van der Waals surface area contributed by atoms with Gasteiger partial charge in [0.25, 0.3) is 0 Å². The molecule has 0 aliphatic rings. The summed E-state index contributed by atoms with van der Waals surface area (Å²) in [5.74, 6) is -0.304. The van der Waals surface area contributed by atoms with Gasteiger partial charge in [-0.05, 0) is 48.2 Å². The van der Waals surface area contributed by atoms with Crippen molar-refractivity contribution in [1.29, 1.82) is 0 Å². The summed E-state index contributed by atoms with van der Waals surface area (Å²) in [6.45, 7) is 4.06. The van der Waals surface area contributed by atoms with Crippen molar-refractivity contribution in [2.75, 3.05) is 0 Å². The molecule has 0 amide bonds. The molecule has 0 aromatic heterocycles. The van der Waals surface area contributed by atoms with Gasteiger partial charge in [-0.15, -0.1) is 0 Å². The van der Waals surface area contributed by atoms with Crippen molar-refractivity contribution in [3.8, 4) is 0 Å². The minimum absolute atomic E-state index is 0.144. The zero-order valence-corrected chi connectivity index (χ0v) is 10.8. The first-order chi connectivity index (χ1) is 8.65. The molecular weight excluding hydrogens is 230 g/mol. The maximum atomic E-state index is 12.4. The second-order valence-electron chi connectivity index (χ2n) is 3.96. The van der Waals surface area contributed by atoms with E-state index in [2.05, 4.69) is 0 Å². The molecule has 0 atom stereocenters. The third-order valence-corrected chi connectivity index (χ3v) is 2.62. The van der Waals surface area contributed by atoms with Crippen LogP contribution in [-0.2, 0) is 12.8 Å². The molecule has 0 nitrogen and oxygen atoms in total. The molecule has 0 aliphatic carbocycles. The van der Waals surface area contributed by atoms with Gasteiger partial charge in [0.05, 0.1) is 0 Å². The molecule has 2 aromatic rings. The van der Waals surface area contributed by atoms with Gasteiger partial charge in [0.2, 0.25) is 0 Å². The van der Waals surface area contributed by atoms with Crippen LogP contribution >= 0.6 is 0 Å². The molecule has 96 valence electrons. The standard InChI is InChI=1S/2C8H9F/c1-2-7-3-5-8(9)6-4-7;1-2-7-4-3-5-8(9)6-7/h2*3-6H,2H2,1H3. The Hall–Kier alpha value is -1.70. The van der Waals surface area contributed by atoms with Crippen molar-refractivity contribution in [2.45, 2.75) is 26.7 Å². The molecule has 0 fully saturated rings. The van der Waals surface area contributed by atoms with Gasteiger partial charge in [0, 0.05) is 0 Å². The van der Waals surface area contributed by atoms with Crippen molar-refractivity contribution in [2.24, 2.45) is 0 Å². The van der Waals surface area contributed by atoms with Crippen molar-refractivity contribution >= 4 is 0 Å². The van der Waals surface area contributed by atoms with E-state index in [9.17, 15) is 8.78 Å². The normalized spacial score (nSPS) is 9.56. The second kappa shape index (κ2) is 7.59. The summed E-state index contributed by atoms with van der Waals surface area (Å²) in [4.78, 5) is 0. The van der Waals surface area contributed by atoms with Crippen molar-refractivity contribution in [3.63, 3.8) is 0 Å². The van der Waals surface area contributed by atoms with Crippen LogP contribution in [0.15, 0.2) is 48.5 Å². The lowest BCUT2D eigenvalue weighted by molar-refractivity contribution is 0.625. The summed E-state index contributed by atoms with van der Waals surface area (Å²) in [5.41, 5.74) is 2.23. The topological polar surface area (TPSA) is 0 Å². The summed E-state index contributed by atoms with van der Waals surface area (Å²) in [7, 11) is 0. The lowest BCUT2D eigenvalue weighted by Crippen LogP contribution is -1.79. The van der Waals surface area contributed by atoms with E-state index >= 15 is 0 Å². The molecule has 0 N–H and O–H groups in total. The number of rotatable bonds is 2. The van der Waals surface area contributed by atoms with Crippen LogP contribution in [0.2, 0.25) is 0 Å². The molecule has 0 spiro atoms. The van der Waals surface area contributed by atoms with Crippen LogP contribution in [0.25, 0.3) is 0 Å².